The van der Waals surface area contributed by atoms with Crippen LogP contribution < -0.4 is 10.0 Å². The van der Waals surface area contributed by atoms with Crippen molar-refractivity contribution >= 4 is 61.4 Å². The molecule has 1 heterocycles. The van der Waals surface area contributed by atoms with Gasteiger partial charge in [-0.3, -0.25) is 9.59 Å². The third-order valence-corrected chi connectivity index (χ3v) is 5.98. The molecule has 0 aliphatic carbocycles. The molecule has 0 aliphatic heterocycles. The zero-order valence-electron chi connectivity index (χ0n) is 13.4. The topological polar surface area (TPSA) is 125 Å². The number of nitrogens with zero attached hydrogens (tertiary/aromatic N) is 1. The van der Waals surface area contributed by atoms with E-state index in [2.05, 4.69) is 5.32 Å². The third-order valence-electron chi connectivity index (χ3n) is 3.01. The summed E-state index contributed by atoms with van der Waals surface area (Å²) in [5, 5.41) is 13.5. The lowest BCUT2D eigenvalue weighted by Crippen LogP contribution is -2.32. The second kappa shape index (κ2) is 9.16. The highest BCUT2D eigenvalue weighted by Crippen LogP contribution is 2.24. The van der Waals surface area contributed by atoms with Gasteiger partial charge in [-0.15, -0.1) is 11.3 Å². The van der Waals surface area contributed by atoms with Crippen LogP contribution in [0.2, 0.25) is 10.0 Å². The number of ether oxygens (including phenoxy) is 1. The number of halogens is 2. The van der Waals surface area contributed by atoms with E-state index in [-0.39, 0.29) is 20.5 Å². The fraction of sp³-hybridized carbons (Fsp3) is 0.133. The van der Waals surface area contributed by atoms with Crippen LogP contribution in [0.15, 0.2) is 34.5 Å². The maximum Gasteiger partial charge on any atom is 0.321 e. The van der Waals surface area contributed by atoms with Crippen LogP contribution in [0.5, 0.6) is 0 Å². The normalized spacial score (nSPS) is 10.9. The molecule has 0 saturated heterocycles. The highest BCUT2D eigenvalue weighted by atomic mass is 35.5. The van der Waals surface area contributed by atoms with Gasteiger partial charge in [-0.2, -0.15) is 9.98 Å². The average molecular weight is 448 g/mol. The first-order valence-corrected chi connectivity index (χ1v) is 10.2. The Bertz CT molecular complexity index is 1010. The number of carbonyl (C=O) groups excluding carboxylic acids is 2. The van der Waals surface area contributed by atoms with Gasteiger partial charge in [-0.05, 0) is 29.6 Å². The van der Waals surface area contributed by atoms with Gasteiger partial charge in [0.05, 0.1) is 20.5 Å². The van der Waals surface area contributed by atoms with Crippen LogP contribution >= 0.6 is 34.5 Å². The number of thiophene rings is 1. The molecule has 0 atom stereocenters. The minimum absolute atomic E-state index is 0.0455. The molecule has 0 saturated carbocycles. The van der Waals surface area contributed by atoms with Crippen LogP contribution in [-0.2, 0) is 24.3 Å². The van der Waals surface area contributed by atoms with E-state index in [9.17, 15) is 18.0 Å². The van der Waals surface area contributed by atoms with Crippen LogP contribution in [0.1, 0.15) is 5.56 Å². The zero-order chi connectivity index (χ0) is 20.0. The lowest BCUT2D eigenvalue weighted by Gasteiger charge is -2.08. The molecule has 2 rings (SSSR count). The van der Waals surface area contributed by atoms with Crippen molar-refractivity contribution in [1.29, 1.82) is 5.26 Å². The van der Waals surface area contributed by atoms with Crippen LogP contribution in [-0.4, -0.2) is 33.4 Å². The number of nitriles is 1. The number of rotatable bonds is 7. The second-order valence-electron chi connectivity index (χ2n) is 4.88. The van der Waals surface area contributed by atoms with Gasteiger partial charge < -0.3 is 10.1 Å². The first-order chi connectivity index (χ1) is 12.7. The van der Waals surface area contributed by atoms with E-state index in [0.717, 1.165) is 17.4 Å². The summed E-state index contributed by atoms with van der Waals surface area (Å²) in [5.41, 5.74) is 0.286. The van der Waals surface area contributed by atoms with Crippen molar-refractivity contribution in [1.82, 2.24) is 4.72 Å². The SMILES string of the molecule is N#Cc1ccsc1NC(=O)COC(=O)CNS(=O)(=O)c1ccc(Cl)c(Cl)c1. The van der Waals surface area contributed by atoms with Crippen LogP contribution in [0.4, 0.5) is 5.00 Å². The van der Waals surface area contributed by atoms with Crippen LogP contribution in [0, 0.1) is 11.3 Å². The molecule has 0 spiro atoms. The minimum Gasteiger partial charge on any atom is -0.455 e. The van der Waals surface area contributed by atoms with Crippen molar-refractivity contribution < 1.29 is 22.7 Å². The summed E-state index contributed by atoms with van der Waals surface area (Å²) >= 11 is 12.6. The molecular weight excluding hydrogens is 437 g/mol. The molecular formula is C15H11Cl2N3O5S2. The Morgan fingerprint density at radius 2 is 1.96 bits per heavy atom. The monoisotopic (exact) mass is 447 g/mol. The number of esters is 1. The maximum atomic E-state index is 12.1. The number of hydrogen-bond donors (Lipinski definition) is 2. The fourth-order valence-electron chi connectivity index (χ4n) is 1.74. The van der Waals surface area contributed by atoms with Crippen molar-refractivity contribution in [3.63, 3.8) is 0 Å². The molecule has 1 aromatic heterocycles. The lowest BCUT2D eigenvalue weighted by molar-refractivity contribution is -0.146. The standard InChI is InChI=1S/C15H11Cl2N3O5S2/c16-11-2-1-10(5-12(11)17)27(23,24)19-7-14(22)25-8-13(21)20-15-9(6-18)3-4-26-15/h1-5,19H,7-8H2,(H,20,21). The summed E-state index contributed by atoms with van der Waals surface area (Å²) in [7, 11) is -4.01. The van der Waals surface area contributed by atoms with E-state index in [1.54, 1.807) is 5.38 Å². The summed E-state index contributed by atoms with van der Waals surface area (Å²) in [6.45, 7) is -1.31. The van der Waals surface area contributed by atoms with Gasteiger partial charge >= 0.3 is 5.97 Å². The molecule has 0 unspecified atom stereocenters. The quantitative estimate of drug-likeness (QED) is 0.627. The van der Waals surface area contributed by atoms with Gasteiger partial charge in [-0.1, -0.05) is 23.2 Å². The summed E-state index contributed by atoms with van der Waals surface area (Å²) in [5.74, 6) is -1.62. The Morgan fingerprint density at radius 3 is 2.63 bits per heavy atom. The first kappa shape index (κ1) is 21.1. The highest BCUT2D eigenvalue weighted by Gasteiger charge is 2.18. The molecule has 2 N–H and O–H groups in total. The number of amides is 1. The number of hydrogen-bond acceptors (Lipinski definition) is 7. The largest absolute Gasteiger partial charge is 0.455 e. The van der Waals surface area contributed by atoms with Gasteiger partial charge in [0, 0.05) is 0 Å². The number of carbonyl (C=O) groups is 2. The molecule has 2 aromatic rings. The highest BCUT2D eigenvalue weighted by molar-refractivity contribution is 7.89. The summed E-state index contributed by atoms with van der Waals surface area (Å²) in [4.78, 5) is 23.2. The number of sulfonamides is 1. The van der Waals surface area contributed by atoms with E-state index < -0.39 is 35.1 Å². The van der Waals surface area contributed by atoms with E-state index >= 15 is 0 Å². The molecule has 12 heteroatoms. The average Bonchev–Trinajstić information content (AvgIpc) is 3.07. The predicted molar refractivity (Wildman–Crippen MR) is 100 cm³/mol. The smallest absolute Gasteiger partial charge is 0.321 e. The number of anilines is 1. The van der Waals surface area contributed by atoms with Gasteiger partial charge in [-0.25, -0.2) is 8.42 Å². The van der Waals surface area contributed by atoms with E-state index in [4.69, 9.17) is 33.2 Å². The summed E-state index contributed by atoms with van der Waals surface area (Å²) < 4.78 is 30.9. The van der Waals surface area contributed by atoms with Gasteiger partial charge in [0.2, 0.25) is 10.0 Å². The summed E-state index contributed by atoms with van der Waals surface area (Å²) in [6.07, 6.45) is 0. The number of benzene rings is 1. The van der Waals surface area contributed by atoms with E-state index in [1.807, 2.05) is 10.8 Å². The first-order valence-electron chi connectivity index (χ1n) is 7.10. The van der Waals surface area contributed by atoms with Crippen molar-refractivity contribution in [2.45, 2.75) is 4.90 Å². The minimum atomic E-state index is -4.01. The second-order valence-corrected chi connectivity index (χ2v) is 8.38. The van der Waals surface area contributed by atoms with Crippen molar-refractivity contribution in [3.05, 3.63) is 45.3 Å². The Balaban J connectivity index is 1.84. The predicted octanol–water partition coefficient (Wildman–Crippen LogP) is 2.39. The van der Waals surface area contributed by atoms with E-state index in [0.29, 0.717) is 5.00 Å². The van der Waals surface area contributed by atoms with Gasteiger partial charge in [0.15, 0.2) is 6.61 Å². The van der Waals surface area contributed by atoms with Crippen molar-refractivity contribution in [3.8, 4) is 6.07 Å². The summed E-state index contributed by atoms with van der Waals surface area (Å²) in [6, 6.07) is 7.10. The van der Waals surface area contributed by atoms with Gasteiger partial charge in [0.1, 0.15) is 17.6 Å². The molecule has 1 aromatic carbocycles. The molecule has 27 heavy (non-hydrogen) atoms. The molecule has 0 bridgehead atoms. The molecule has 1 amide bonds. The van der Waals surface area contributed by atoms with Crippen LogP contribution in [0.3, 0.4) is 0 Å². The molecule has 142 valence electrons. The Kier molecular flexibility index (Phi) is 7.18. The van der Waals surface area contributed by atoms with Crippen molar-refractivity contribution in [2.24, 2.45) is 0 Å². The molecule has 8 nitrogen and oxygen atoms in total. The number of nitrogens with one attached hydrogen (secondary N) is 2. The van der Waals surface area contributed by atoms with Gasteiger partial charge in [0.25, 0.3) is 5.91 Å². The van der Waals surface area contributed by atoms with Crippen LogP contribution in [0.25, 0.3) is 0 Å². The fourth-order valence-corrected chi connectivity index (χ4v) is 3.85. The molecule has 0 fully saturated rings. The zero-order valence-corrected chi connectivity index (χ0v) is 16.5. The third kappa shape index (κ3) is 5.92. The Labute approximate surface area is 168 Å². The molecule has 0 aliphatic rings. The Morgan fingerprint density at radius 1 is 1.22 bits per heavy atom. The van der Waals surface area contributed by atoms with E-state index in [1.165, 1.54) is 18.2 Å². The molecule has 0 radical (unpaired) electrons. The van der Waals surface area contributed by atoms with Crippen molar-refractivity contribution in [2.75, 3.05) is 18.5 Å². The lowest BCUT2D eigenvalue weighted by atomic mass is 10.3. The maximum absolute atomic E-state index is 12.1. The Hall–Kier alpha value is -2.16.